The summed E-state index contributed by atoms with van der Waals surface area (Å²) in [7, 11) is 0. The van der Waals surface area contributed by atoms with Crippen molar-refractivity contribution < 1.29 is 9.90 Å². The topological polar surface area (TPSA) is 84.2 Å². The summed E-state index contributed by atoms with van der Waals surface area (Å²) in [4.78, 5) is 27.8. The Labute approximate surface area is 139 Å². The van der Waals surface area contributed by atoms with Gasteiger partial charge in [-0.1, -0.05) is 0 Å². The summed E-state index contributed by atoms with van der Waals surface area (Å²) in [6.07, 6.45) is 5.40. The van der Waals surface area contributed by atoms with E-state index in [9.17, 15) is 14.7 Å². The predicted octanol–water partition coefficient (Wildman–Crippen LogP) is 1.42. The van der Waals surface area contributed by atoms with Crippen LogP contribution < -0.4 is 10.9 Å². The van der Waals surface area contributed by atoms with Crippen LogP contribution in [0.2, 0.25) is 0 Å². The normalized spacial score (nSPS) is 12.5. The zero-order valence-electron chi connectivity index (χ0n) is 11.5. The van der Waals surface area contributed by atoms with Gasteiger partial charge in [0.25, 0.3) is 5.56 Å². The Bertz CT molecular complexity index is 732. The molecule has 0 unspecified atom stereocenters. The Morgan fingerprint density at radius 2 is 2.14 bits per heavy atom. The van der Waals surface area contributed by atoms with E-state index in [0.717, 1.165) is 5.56 Å². The number of carboxylic acids is 1. The predicted molar refractivity (Wildman–Crippen MR) is 86.7 cm³/mol. The number of hydrogen-bond acceptors (Lipinski definition) is 4. The first-order valence-corrected chi connectivity index (χ1v) is 6.30. The third-order valence-corrected chi connectivity index (χ3v) is 3.41. The van der Waals surface area contributed by atoms with E-state index in [0.29, 0.717) is 30.8 Å². The Morgan fingerprint density at radius 1 is 1.36 bits per heavy atom. The van der Waals surface area contributed by atoms with E-state index in [1.54, 1.807) is 24.5 Å². The molecule has 0 spiro atoms. The van der Waals surface area contributed by atoms with Gasteiger partial charge in [0.05, 0.1) is 11.9 Å². The van der Waals surface area contributed by atoms with E-state index in [1.807, 2.05) is 0 Å². The van der Waals surface area contributed by atoms with Gasteiger partial charge in [-0.05, 0) is 36.2 Å². The maximum atomic E-state index is 12.4. The second kappa shape index (κ2) is 7.40. The third kappa shape index (κ3) is 3.14. The van der Waals surface area contributed by atoms with Gasteiger partial charge in [0.1, 0.15) is 5.56 Å². The standard InChI is InChI=1S/C14H13N3O3.2ClH/c18-13-12(14(19)20)11-3-5-16-6-9(11)8-17(13)10-2-1-4-15-7-10;;/h1-2,4,7-8,16H,3,5-6H2,(H,19,20);2*1H. The first-order valence-electron chi connectivity index (χ1n) is 6.30. The average Bonchev–Trinajstić information content (AvgIpc) is 2.47. The highest BCUT2D eigenvalue weighted by Gasteiger charge is 2.23. The van der Waals surface area contributed by atoms with Crippen molar-refractivity contribution >= 4 is 30.8 Å². The SMILES string of the molecule is Cl.Cl.O=C(O)c1c2c(cn(-c3cccnc3)c1=O)CNCC2. The Hall–Kier alpha value is -1.89. The van der Waals surface area contributed by atoms with Gasteiger partial charge in [-0.25, -0.2) is 4.79 Å². The highest BCUT2D eigenvalue weighted by molar-refractivity contribution is 5.89. The van der Waals surface area contributed by atoms with E-state index < -0.39 is 11.5 Å². The van der Waals surface area contributed by atoms with E-state index >= 15 is 0 Å². The fourth-order valence-corrected chi connectivity index (χ4v) is 2.49. The molecule has 3 rings (SSSR count). The van der Waals surface area contributed by atoms with Crippen LogP contribution >= 0.6 is 24.8 Å². The van der Waals surface area contributed by atoms with E-state index in [-0.39, 0.29) is 30.4 Å². The third-order valence-electron chi connectivity index (χ3n) is 3.41. The molecule has 2 aromatic rings. The second-order valence-corrected chi connectivity index (χ2v) is 4.63. The van der Waals surface area contributed by atoms with Gasteiger partial charge >= 0.3 is 5.97 Å². The molecule has 2 aromatic heterocycles. The van der Waals surface area contributed by atoms with Crippen LogP contribution in [0.25, 0.3) is 5.69 Å². The number of hydrogen-bond donors (Lipinski definition) is 2. The molecular formula is C14H15Cl2N3O3. The van der Waals surface area contributed by atoms with E-state index in [4.69, 9.17) is 0 Å². The molecule has 1 aliphatic rings. The molecule has 22 heavy (non-hydrogen) atoms. The summed E-state index contributed by atoms with van der Waals surface area (Å²) in [5, 5.41) is 12.5. The minimum Gasteiger partial charge on any atom is -0.477 e. The zero-order valence-corrected chi connectivity index (χ0v) is 13.1. The number of aromatic nitrogens is 2. The van der Waals surface area contributed by atoms with Gasteiger partial charge in [-0.15, -0.1) is 24.8 Å². The quantitative estimate of drug-likeness (QED) is 0.861. The first kappa shape index (κ1) is 18.2. The molecule has 8 heteroatoms. The van der Waals surface area contributed by atoms with Crippen LogP contribution in [0.15, 0.2) is 35.5 Å². The summed E-state index contributed by atoms with van der Waals surface area (Å²) >= 11 is 0. The fraction of sp³-hybridized carbons (Fsp3) is 0.214. The molecule has 0 atom stereocenters. The molecule has 1 aliphatic heterocycles. The number of carboxylic acid groups (broad SMARTS) is 1. The summed E-state index contributed by atoms with van der Waals surface area (Å²) < 4.78 is 1.35. The molecule has 0 amide bonds. The Morgan fingerprint density at radius 3 is 2.77 bits per heavy atom. The minimum absolute atomic E-state index is 0. The lowest BCUT2D eigenvalue weighted by Crippen LogP contribution is -2.33. The van der Waals surface area contributed by atoms with Gasteiger partial charge in [-0.3, -0.25) is 14.3 Å². The van der Waals surface area contributed by atoms with Gasteiger partial charge in [-0.2, -0.15) is 0 Å². The Balaban J connectivity index is 0.00000121. The van der Waals surface area contributed by atoms with Crippen molar-refractivity contribution in [3.8, 4) is 5.69 Å². The number of halogens is 2. The maximum Gasteiger partial charge on any atom is 0.341 e. The number of aromatic carboxylic acids is 1. The van der Waals surface area contributed by atoms with Crippen LogP contribution in [-0.4, -0.2) is 27.2 Å². The van der Waals surface area contributed by atoms with Crippen LogP contribution in [0.3, 0.4) is 0 Å². The lowest BCUT2D eigenvalue weighted by atomic mass is 9.97. The number of rotatable bonds is 2. The molecule has 0 saturated carbocycles. The van der Waals surface area contributed by atoms with Crippen LogP contribution in [-0.2, 0) is 13.0 Å². The number of nitrogens with zero attached hydrogens (tertiary/aromatic N) is 2. The molecule has 6 nitrogen and oxygen atoms in total. The molecule has 118 valence electrons. The fourth-order valence-electron chi connectivity index (χ4n) is 2.49. The van der Waals surface area contributed by atoms with E-state index in [2.05, 4.69) is 10.3 Å². The van der Waals surface area contributed by atoms with Crippen molar-refractivity contribution in [2.45, 2.75) is 13.0 Å². The molecule has 0 radical (unpaired) electrons. The number of fused-ring (bicyclic) bond motifs is 1. The van der Waals surface area contributed by atoms with Gasteiger partial charge in [0, 0.05) is 18.9 Å². The van der Waals surface area contributed by atoms with Gasteiger partial charge in [0.15, 0.2) is 0 Å². The summed E-state index contributed by atoms with van der Waals surface area (Å²) in [6.45, 7) is 1.25. The zero-order chi connectivity index (χ0) is 14.1. The van der Waals surface area contributed by atoms with Crippen molar-refractivity contribution in [3.63, 3.8) is 0 Å². The molecule has 0 saturated heterocycles. The lowest BCUT2D eigenvalue weighted by molar-refractivity contribution is 0.0693. The highest BCUT2D eigenvalue weighted by Crippen LogP contribution is 2.17. The van der Waals surface area contributed by atoms with Crippen molar-refractivity contribution in [3.05, 3.63) is 57.8 Å². The van der Waals surface area contributed by atoms with E-state index in [1.165, 1.54) is 10.8 Å². The summed E-state index contributed by atoms with van der Waals surface area (Å²) in [6, 6.07) is 3.43. The second-order valence-electron chi connectivity index (χ2n) is 4.63. The average molecular weight is 344 g/mol. The molecule has 3 heterocycles. The maximum absolute atomic E-state index is 12.4. The van der Waals surface area contributed by atoms with Crippen LogP contribution in [0, 0.1) is 0 Å². The largest absolute Gasteiger partial charge is 0.477 e. The smallest absolute Gasteiger partial charge is 0.341 e. The molecule has 0 aliphatic carbocycles. The van der Waals surface area contributed by atoms with Crippen LogP contribution in [0.4, 0.5) is 0 Å². The van der Waals surface area contributed by atoms with Gasteiger partial charge in [0.2, 0.25) is 0 Å². The molecule has 0 aromatic carbocycles. The number of nitrogens with one attached hydrogen (secondary N) is 1. The highest BCUT2D eigenvalue weighted by atomic mass is 35.5. The monoisotopic (exact) mass is 343 g/mol. The Kier molecular flexibility index (Phi) is 6.11. The van der Waals surface area contributed by atoms with Crippen LogP contribution in [0.1, 0.15) is 21.5 Å². The van der Waals surface area contributed by atoms with Crippen molar-refractivity contribution in [2.24, 2.45) is 0 Å². The summed E-state index contributed by atoms with van der Waals surface area (Å²) in [5.74, 6) is -1.17. The van der Waals surface area contributed by atoms with Gasteiger partial charge < -0.3 is 10.4 Å². The van der Waals surface area contributed by atoms with Crippen molar-refractivity contribution in [1.29, 1.82) is 0 Å². The summed E-state index contributed by atoms with van der Waals surface area (Å²) in [5.41, 5.74) is 1.41. The van der Waals surface area contributed by atoms with Crippen molar-refractivity contribution in [2.75, 3.05) is 6.54 Å². The molecule has 2 N–H and O–H groups in total. The molecule has 0 bridgehead atoms. The molecule has 0 fully saturated rings. The minimum atomic E-state index is -1.17. The number of carbonyl (C=O) groups is 1. The van der Waals surface area contributed by atoms with Crippen LogP contribution in [0.5, 0.6) is 0 Å². The number of pyridine rings is 2. The van der Waals surface area contributed by atoms with Crippen molar-refractivity contribution in [1.82, 2.24) is 14.9 Å². The molecular weight excluding hydrogens is 329 g/mol. The first-order chi connectivity index (χ1) is 9.68. The lowest BCUT2D eigenvalue weighted by Gasteiger charge is -2.20.